The van der Waals surface area contributed by atoms with Crippen LogP contribution in [0.15, 0.2) is 0 Å². The number of alkyl halides is 1. The molecule has 6 heteroatoms. The van der Waals surface area contributed by atoms with Gasteiger partial charge in [0.15, 0.2) is 0 Å². The Bertz CT molecular complexity index is 449. The lowest BCUT2D eigenvalue weighted by atomic mass is 9.99. The lowest BCUT2D eigenvalue weighted by molar-refractivity contribution is -0.155. The van der Waals surface area contributed by atoms with Gasteiger partial charge in [0.1, 0.15) is 19.5 Å². The molecule has 4 nitrogen and oxygen atoms in total. The maximum absolute atomic E-state index is 11.9. The van der Waals surface area contributed by atoms with Crippen molar-refractivity contribution in [2.45, 2.75) is 51.0 Å². The fourth-order valence-corrected chi connectivity index (χ4v) is 2.90. The molecule has 1 saturated heterocycles. The normalized spacial score (nSPS) is 26.8. The van der Waals surface area contributed by atoms with E-state index in [1.807, 2.05) is 0 Å². The first-order valence-electron chi connectivity index (χ1n) is 6.26. The summed E-state index contributed by atoms with van der Waals surface area (Å²) in [4.78, 5) is 24.7. The molecular weight excluding hydrogens is 282 g/mol. The van der Waals surface area contributed by atoms with Gasteiger partial charge in [0.05, 0.1) is 6.04 Å². The molecule has 2 atom stereocenters. The number of nitrogens with zero attached hydrogens (tertiary/aromatic N) is 1. The van der Waals surface area contributed by atoms with Crippen LogP contribution in [0, 0.1) is 11.5 Å². The molecule has 106 valence electrons. The molecule has 1 fully saturated rings. The van der Waals surface area contributed by atoms with E-state index in [1.165, 1.54) is 4.90 Å². The van der Waals surface area contributed by atoms with Gasteiger partial charge in [-0.15, -0.1) is 17.1 Å². The molecule has 0 aliphatic carbocycles. The first-order valence-corrected chi connectivity index (χ1v) is 10.3. The van der Waals surface area contributed by atoms with Gasteiger partial charge in [0.2, 0.25) is 5.91 Å². The zero-order valence-corrected chi connectivity index (χ0v) is 13.5. The molecule has 1 amide bonds. The van der Waals surface area contributed by atoms with Crippen LogP contribution in [-0.2, 0) is 9.59 Å². The first-order chi connectivity index (χ1) is 8.62. The Labute approximate surface area is 120 Å². The van der Waals surface area contributed by atoms with Gasteiger partial charge in [0, 0.05) is 0 Å². The van der Waals surface area contributed by atoms with Crippen LogP contribution in [0.4, 0.5) is 0 Å². The van der Waals surface area contributed by atoms with E-state index < -0.39 is 19.6 Å². The Balaban J connectivity index is 3.10. The highest BCUT2D eigenvalue weighted by molar-refractivity contribution is 6.83. The average molecular weight is 302 g/mol. The van der Waals surface area contributed by atoms with E-state index >= 15 is 0 Å². The molecule has 0 aromatic rings. The predicted octanol–water partition coefficient (Wildman–Crippen LogP) is 1.94. The van der Waals surface area contributed by atoms with Gasteiger partial charge in [-0.05, 0) is 19.8 Å². The summed E-state index contributed by atoms with van der Waals surface area (Å²) in [5, 5.41) is 9.36. The Kier molecular flexibility index (Phi) is 4.70. The van der Waals surface area contributed by atoms with E-state index in [2.05, 4.69) is 31.1 Å². The standard InChI is InChI=1S/C13H20ClNO3Si/c1-13(12(17)18)7-5-10(6-8-19(2,3)4)15(13)11(16)9-14/h10H,5,7,9H2,1-4H3,(H,17,18)/t10-,13+/m1/s1. The third-order valence-electron chi connectivity index (χ3n) is 3.21. The Hall–Kier alpha value is -0.993. The monoisotopic (exact) mass is 301 g/mol. The molecule has 0 aromatic heterocycles. The average Bonchev–Trinajstić information content (AvgIpc) is 2.63. The third kappa shape index (κ3) is 3.52. The number of halogens is 1. The van der Waals surface area contributed by atoms with E-state index in [4.69, 9.17) is 11.6 Å². The molecule has 0 saturated carbocycles. The lowest BCUT2D eigenvalue weighted by Crippen LogP contribution is -2.54. The van der Waals surface area contributed by atoms with Gasteiger partial charge in [0.25, 0.3) is 0 Å². The van der Waals surface area contributed by atoms with Crippen LogP contribution in [0.1, 0.15) is 19.8 Å². The quantitative estimate of drug-likeness (QED) is 0.482. The summed E-state index contributed by atoms with van der Waals surface area (Å²) in [6.07, 6.45) is 0.999. The summed E-state index contributed by atoms with van der Waals surface area (Å²) < 4.78 is 0. The predicted molar refractivity (Wildman–Crippen MR) is 77.8 cm³/mol. The number of hydrogen-bond acceptors (Lipinski definition) is 2. The van der Waals surface area contributed by atoms with Crippen LogP contribution in [0.5, 0.6) is 0 Å². The van der Waals surface area contributed by atoms with E-state index in [0.29, 0.717) is 12.8 Å². The number of carboxylic acids is 1. The first kappa shape index (κ1) is 16.1. The maximum Gasteiger partial charge on any atom is 0.329 e. The fraction of sp³-hybridized carbons (Fsp3) is 0.692. The van der Waals surface area contributed by atoms with Gasteiger partial charge in [-0.3, -0.25) is 4.79 Å². The number of likely N-dealkylation sites (tertiary alicyclic amines) is 1. The summed E-state index contributed by atoms with van der Waals surface area (Å²) in [7, 11) is -1.55. The van der Waals surface area contributed by atoms with Crippen molar-refractivity contribution < 1.29 is 14.7 Å². The molecule has 0 radical (unpaired) electrons. The van der Waals surface area contributed by atoms with Crippen molar-refractivity contribution in [1.29, 1.82) is 0 Å². The zero-order chi connectivity index (χ0) is 14.8. The van der Waals surface area contributed by atoms with Gasteiger partial charge >= 0.3 is 5.97 Å². The van der Waals surface area contributed by atoms with Crippen LogP contribution in [-0.4, -0.2) is 47.4 Å². The summed E-state index contributed by atoms with van der Waals surface area (Å²) >= 11 is 5.60. The molecule has 0 unspecified atom stereocenters. The number of amides is 1. The molecule has 1 N–H and O–H groups in total. The number of carboxylic acid groups (broad SMARTS) is 1. The minimum Gasteiger partial charge on any atom is -0.480 e. The van der Waals surface area contributed by atoms with Crippen molar-refractivity contribution in [3.05, 3.63) is 0 Å². The third-order valence-corrected chi connectivity index (χ3v) is 4.33. The molecule has 0 aromatic carbocycles. The van der Waals surface area contributed by atoms with Gasteiger partial charge in [-0.1, -0.05) is 25.6 Å². The van der Waals surface area contributed by atoms with Gasteiger partial charge in [-0.2, -0.15) is 0 Å². The van der Waals surface area contributed by atoms with Crippen molar-refractivity contribution in [2.75, 3.05) is 5.88 Å². The number of rotatable bonds is 2. The smallest absolute Gasteiger partial charge is 0.329 e. The number of hydrogen-bond donors (Lipinski definition) is 1. The molecule has 0 bridgehead atoms. The molecule has 0 spiro atoms. The van der Waals surface area contributed by atoms with Crippen molar-refractivity contribution >= 4 is 31.6 Å². The summed E-state index contributed by atoms with van der Waals surface area (Å²) in [5.74, 6) is 1.52. The highest BCUT2D eigenvalue weighted by Crippen LogP contribution is 2.34. The minimum absolute atomic E-state index is 0.214. The van der Waals surface area contributed by atoms with Crippen LogP contribution >= 0.6 is 11.6 Å². The molecule has 1 rings (SSSR count). The van der Waals surface area contributed by atoms with E-state index in [0.717, 1.165) is 0 Å². The van der Waals surface area contributed by atoms with Crippen LogP contribution in [0.2, 0.25) is 19.6 Å². The van der Waals surface area contributed by atoms with Crippen LogP contribution < -0.4 is 0 Å². The van der Waals surface area contributed by atoms with Crippen molar-refractivity contribution in [2.24, 2.45) is 0 Å². The number of aliphatic carboxylic acids is 1. The zero-order valence-electron chi connectivity index (χ0n) is 11.8. The van der Waals surface area contributed by atoms with Crippen LogP contribution in [0.25, 0.3) is 0 Å². The Morgan fingerprint density at radius 2 is 2.05 bits per heavy atom. The van der Waals surface area contributed by atoms with E-state index in [9.17, 15) is 14.7 Å². The van der Waals surface area contributed by atoms with Crippen molar-refractivity contribution in [1.82, 2.24) is 4.90 Å². The highest BCUT2D eigenvalue weighted by atomic mass is 35.5. The molecular formula is C13H20ClNO3Si. The second-order valence-electron chi connectivity index (χ2n) is 6.05. The lowest BCUT2D eigenvalue weighted by Gasteiger charge is -2.33. The van der Waals surface area contributed by atoms with Gasteiger partial charge in [-0.25, -0.2) is 4.79 Å². The van der Waals surface area contributed by atoms with E-state index in [1.54, 1.807) is 6.92 Å². The fourth-order valence-electron chi connectivity index (χ4n) is 2.17. The second-order valence-corrected chi connectivity index (χ2v) is 11.1. The number of carbonyl (C=O) groups is 2. The minimum atomic E-state index is -1.55. The summed E-state index contributed by atoms with van der Waals surface area (Å²) in [6, 6.07) is -0.334. The molecule has 1 aliphatic heterocycles. The molecule has 1 heterocycles. The van der Waals surface area contributed by atoms with Crippen LogP contribution in [0.3, 0.4) is 0 Å². The highest BCUT2D eigenvalue weighted by Gasteiger charge is 2.50. The van der Waals surface area contributed by atoms with Crippen molar-refractivity contribution in [3.8, 4) is 11.5 Å². The molecule has 19 heavy (non-hydrogen) atoms. The summed E-state index contributed by atoms with van der Waals surface area (Å²) in [5.41, 5.74) is 2.02. The largest absolute Gasteiger partial charge is 0.480 e. The van der Waals surface area contributed by atoms with E-state index in [-0.39, 0.29) is 17.8 Å². The molecule has 1 aliphatic rings. The topological polar surface area (TPSA) is 57.6 Å². The summed E-state index contributed by atoms with van der Waals surface area (Å²) in [6.45, 7) is 7.90. The number of carbonyl (C=O) groups excluding carboxylic acids is 1. The maximum atomic E-state index is 11.9. The van der Waals surface area contributed by atoms with Crippen molar-refractivity contribution in [3.63, 3.8) is 0 Å². The SMILES string of the molecule is C[C@@]1(C(=O)O)CC[C@H](C#C[Si](C)(C)C)N1C(=O)CCl. The second kappa shape index (κ2) is 5.56. The van der Waals surface area contributed by atoms with Gasteiger partial charge < -0.3 is 10.0 Å². The Morgan fingerprint density at radius 1 is 1.47 bits per heavy atom. The Morgan fingerprint density at radius 3 is 2.47 bits per heavy atom.